The Morgan fingerprint density at radius 2 is 1.64 bits per heavy atom. The maximum absolute atomic E-state index is 10.0. The van der Waals surface area contributed by atoms with E-state index in [4.69, 9.17) is 14.6 Å². The Morgan fingerprint density at radius 1 is 1.04 bits per heavy atom. The number of unbranched alkanes of at least 4 members (excludes halogenated alkanes) is 9. The maximum atomic E-state index is 10.0. The molecule has 0 spiro atoms. The van der Waals surface area contributed by atoms with Crippen molar-refractivity contribution in [2.24, 2.45) is 0 Å². The zero-order valence-corrected chi connectivity index (χ0v) is 15.8. The molecule has 0 unspecified atom stereocenters. The van der Waals surface area contributed by atoms with Gasteiger partial charge in [0.2, 0.25) is 0 Å². The van der Waals surface area contributed by atoms with E-state index in [2.05, 4.69) is 19.1 Å². The SMILES string of the molecule is C/C=C/CCCCCCCCCCCO[C@H]1CO[C@H]([C@H](O)CO)[C@@H]1O. The molecular formula is C20H38O5. The molecule has 1 fully saturated rings. The summed E-state index contributed by atoms with van der Waals surface area (Å²) in [6, 6.07) is 0. The molecule has 0 amide bonds. The third-order valence-electron chi connectivity index (χ3n) is 4.82. The summed E-state index contributed by atoms with van der Waals surface area (Å²) in [6.07, 6.45) is 13.9. The molecule has 3 N–H and O–H groups in total. The van der Waals surface area contributed by atoms with Gasteiger partial charge < -0.3 is 24.8 Å². The first-order chi connectivity index (χ1) is 12.2. The van der Waals surface area contributed by atoms with Crippen LogP contribution in [0, 0.1) is 0 Å². The molecule has 5 nitrogen and oxygen atoms in total. The van der Waals surface area contributed by atoms with E-state index >= 15 is 0 Å². The second-order valence-electron chi connectivity index (χ2n) is 6.99. The molecular weight excluding hydrogens is 320 g/mol. The minimum atomic E-state index is -1.05. The van der Waals surface area contributed by atoms with Crippen LogP contribution in [0.5, 0.6) is 0 Å². The van der Waals surface area contributed by atoms with Gasteiger partial charge in [0.1, 0.15) is 24.4 Å². The average molecular weight is 359 g/mol. The number of aliphatic hydroxyl groups excluding tert-OH is 3. The molecule has 148 valence electrons. The first kappa shape index (κ1) is 22.6. The summed E-state index contributed by atoms with van der Waals surface area (Å²) in [4.78, 5) is 0. The lowest BCUT2D eigenvalue weighted by Crippen LogP contribution is -2.41. The molecule has 0 aromatic rings. The van der Waals surface area contributed by atoms with Gasteiger partial charge in [-0.25, -0.2) is 0 Å². The van der Waals surface area contributed by atoms with Crippen molar-refractivity contribution < 1.29 is 24.8 Å². The van der Waals surface area contributed by atoms with E-state index in [1.54, 1.807) is 0 Å². The fourth-order valence-electron chi connectivity index (χ4n) is 3.21. The molecule has 0 aromatic carbocycles. The highest BCUT2D eigenvalue weighted by Crippen LogP contribution is 2.20. The lowest BCUT2D eigenvalue weighted by Gasteiger charge is -2.20. The Morgan fingerprint density at radius 3 is 2.24 bits per heavy atom. The number of aliphatic hydroxyl groups is 3. The van der Waals surface area contributed by atoms with E-state index in [9.17, 15) is 10.2 Å². The Balaban J connectivity index is 1.88. The Kier molecular flexibility index (Phi) is 13.3. The molecule has 1 aliphatic rings. The summed E-state index contributed by atoms with van der Waals surface area (Å²) in [5.74, 6) is 0. The summed E-state index contributed by atoms with van der Waals surface area (Å²) < 4.78 is 11.0. The predicted octanol–water partition coefficient (Wildman–Crippen LogP) is 2.96. The van der Waals surface area contributed by atoms with Gasteiger partial charge in [-0.3, -0.25) is 0 Å². The molecule has 1 rings (SSSR count). The number of ether oxygens (including phenoxy) is 2. The lowest BCUT2D eigenvalue weighted by atomic mass is 10.1. The van der Waals surface area contributed by atoms with E-state index < -0.39 is 31.0 Å². The van der Waals surface area contributed by atoms with Gasteiger partial charge >= 0.3 is 0 Å². The topological polar surface area (TPSA) is 79.2 Å². The standard InChI is InChI=1S/C20H38O5/c1-2-3-4-5-6-7-8-9-10-11-12-13-14-24-18-16-25-20(19(18)23)17(22)15-21/h2-3,17-23H,4-16H2,1H3/b3-2+/t17-,18+,19-,20-/m1/s1. The van der Waals surface area contributed by atoms with Crippen LogP contribution >= 0.6 is 0 Å². The minimum Gasteiger partial charge on any atom is -0.394 e. The Labute approximate surface area is 153 Å². The van der Waals surface area contributed by atoms with Crippen molar-refractivity contribution in [2.75, 3.05) is 19.8 Å². The maximum Gasteiger partial charge on any atom is 0.114 e. The highest BCUT2D eigenvalue weighted by atomic mass is 16.6. The van der Waals surface area contributed by atoms with Crippen LogP contribution in [-0.2, 0) is 9.47 Å². The van der Waals surface area contributed by atoms with Crippen molar-refractivity contribution in [3.8, 4) is 0 Å². The first-order valence-corrected chi connectivity index (χ1v) is 10.0. The van der Waals surface area contributed by atoms with Crippen LogP contribution < -0.4 is 0 Å². The third kappa shape index (κ3) is 9.71. The number of allylic oxidation sites excluding steroid dienone is 2. The van der Waals surface area contributed by atoms with Crippen molar-refractivity contribution in [2.45, 2.75) is 95.5 Å². The molecule has 0 aromatic heterocycles. The number of hydrogen-bond acceptors (Lipinski definition) is 5. The van der Waals surface area contributed by atoms with E-state index in [0.29, 0.717) is 6.61 Å². The van der Waals surface area contributed by atoms with Crippen molar-refractivity contribution >= 4 is 0 Å². The second kappa shape index (κ2) is 14.7. The molecule has 4 atom stereocenters. The fraction of sp³-hybridized carbons (Fsp3) is 0.900. The summed E-state index contributed by atoms with van der Waals surface area (Å²) in [5, 5.41) is 28.5. The molecule has 0 aliphatic carbocycles. The van der Waals surface area contributed by atoms with Gasteiger partial charge in [-0.15, -0.1) is 0 Å². The number of rotatable bonds is 15. The summed E-state index contributed by atoms with van der Waals surface area (Å²) >= 11 is 0. The Hall–Kier alpha value is -0.460. The normalized spacial score (nSPS) is 25.0. The van der Waals surface area contributed by atoms with Gasteiger partial charge in [-0.2, -0.15) is 0 Å². The summed E-state index contributed by atoms with van der Waals surface area (Å²) in [7, 11) is 0. The minimum absolute atomic E-state index is 0.275. The van der Waals surface area contributed by atoms with E-state index in [1.807, 2.05) is 0 Å². The summed E-state index contributed by atoms with van der Waals surface area (Å²) in [6.45, 7) is 2.55. The zero-order chi connectivity index (χ0) is 18.3. The van der Waals surface area contributed by atoms with Crippen LogP contribution in [0.2, 0.25) is 0 Å². The fourth-order valence-corrected chi connectivity index (χ4v) is 3.21. The van der Waals surface area contributed by atoms with Crippen molar-refractivity contribution in [1.29, 1.82) is 0 Å². The van der Waals surface area contributed by atoms with Crippen molar-refractivity contribution in [1.82, 2.24) is 0 Å². The van der Waals surface area contributed by atoms with Gasteiger partial charge in [0, 0.05) is 6.61 Å². The highest BCUT2D eigenvalue weighted by Gasteiger charge is 2.40. The molecule has 1 aliphatic heterocycles. The third-order valence-corrected chi connectivity index (χ3v) is 4.82. The quantitative estimate of drug-likeness (QED) is 0.310. The molecule has 0 radical (unpaired) electrons. The van der Waals surface area contributed by atoms with Gasteiger partial charge in [0.25, 0.3) is 0 Å². The van der Waals surface area contributed by atoms with Crippen LogP contribution in [0.15, 0.2) is 12.2 Å². The van der Waals surface area contributed by atoms with E-state index in [-0.39, 0.29) is 6.61 Å². The number of hydrogen-bond donors (Lipinski definition) is 3. The van der Waals surface area contributed by atoms with E-state index in [1.165, 1.54) is 51.4 Å². The van der Waals surface area contributed by atoms with Crippen LogP contribution in [0.25, 0.3) is 0 Å². The Bertz CT molecular complexity index is 334. The van der Waals surface area contributed by atoms with Crippen LogP contribution in [-0.4, -0.2) is 59.6 Å². The average Bonchev–Trinajstić information content (AvgIpc) is 2.99. The van der Waals surface area contributed by atoms with Gasteiger partial charge in [-0.05, 0) is 26.2 Å². The summed E-state index contributed by atoms with van der Waals surface area (Å²) in [5.41, 5.74) is 0. The van der Waals surface area contributed by atoms with Crippen molar-refractivity contribution in [3.63, 3.8) is 0 Å². The van der Waals surface area contributed by atoms with E-state index in [0.717, 1.165) is 12.8 Å². The van der Waals surface area contributed by atoms with Crippen LogP contribution in [0.4, 0.5) is 0 Å². The molecule has 5 heteroatoms. The molecule has 0 saturated carbocycles. The monoisotopic (exact) mass is 358 g/mol. The molecule has 0 bridgehead atoms. The van der Waals surface area contributed by atoms with Crippen molar-refractivity contribution in [3.05, 3.63) is 12.2 Å². The lowest BCUT2D eigenvalue weighted by molar-refractivity contribution is -0.0730. The van der Waals surface area contributed by atoms with Gasteiger partial charge in [-0.1, -0.05) is 57.1 Å². The smallest absolute Gasteiger partial charge is 0.114 e. The van der Waals surface area contributed by atoms with Crippen LogP contribution in [0.3, 0.4) is 0 Å². The van der Waals surface area contributed by atoms with Gasteiger partial charge in [0.15, 0.2) is 0 Å². The highest BCUT2D eigenvalue weighted by molar-refractivity contribution is 4.88. The largest absolute Gasteiger partial charge is 0.394 e. The van der Waals surface area contributed by atoms with Crippen LogP contribution in [0.1, 0.15) is 71.1 Å². The first-order valence-electron chi connectivity index (χ1n) is 10.0. The predicted molar refractivity (Wildman–Crippen MR) is 99.6 cm³/mol. The zero-order valence-electron chi connectivity index (χ0n) is 15.8. The second-order valence-corrected chi connectivity index (χ2v) is 6.99. The van der Waals surface area contributed by atoms with Gasteiger partial charge in [0.05, 0.1) is 13.2 Å². The molecule has 25 heavy (non-hydrogen) atoms. The molecule has 1 saturated heterocycles. The molecule has 1 heterocycles.